The van der Waals surface area contributed by atoms with Crippen molar-refractivity contribution in [3.63, 3.8) is 0 Å². The summed E-state index contributed by atoms with van der Waals surface area (Å²) in [6.07, 6.45) is 0.173. The minimum atomic E-state index is -3.98. The maximum Gasteiger partial charge on any atom is 0.265 e. The molecular formula is C9H11ClO5S2. The Hall–Kier alpha value is -0.630. The first-order chi connectivity index (χ1) is 7.66. The molecule has 96 valence electrons. The first-order valence-corrected chi connectivity index (χ1v) is 8.70. The minimum absolute atomic E-state index is 0.173. The smallest absolute Gasteiger partial charge is 0.265 e. The molecule has 8 heteroatoms. The fourth-order valence-corrected chi connectivity index (χ4v) is 2.71. The SMILES string of the molecule is O=S(=O)(O)CCc1ccc(CS(=O)(=O)Cl)cc1. The Bertz CT molecular complexity index is 574. The summed E-state index contributed by atoms with van der Waals surface area (Å²) in [4.78, 5) is 0. The second kappa shape index (κ2) is 5.34. The molecular weight excluding hydrogens is 288 g/mol. The molecule has 0 bridgehead atoms. The summed E-state index contributed by atoms with van der Waals surface area (Å²) in [7, 11) is -2.48. The molecule has 0 aromatic heterocycles. The van der Waals surface area contributed by atoms with E-state index in [2.05, 4.69) is 0 Å². The Morgan fingerprint density at radius 2 is 1.47 bits per heavy atom. The normalized spacial score (nSPS) is 12.6. The second-order valence-electron chi connectivity index (χ2n) is 3.54. The van der Waals surface area contributed by atoms with Gasteiger partial charge in [0.1, 0.15) is 0 Å². The lowest BCUT2D eigenvalue weighted by Crippen LogP contribution is -2.06. The molecule has 0 spiro atoms. The van der Waals surface area contributed by atoms with Crippen LogP contribution in [-0.4, -0.2) is 27.1 Å². The molecule has 0 amide bonds. The van der Waals surface area contributed by atoms with E-state index in [0.717, 1.165) is 0 Å². The van der Waals surface area contributed by atoms with Gasteiger partial charge in [-0.3, -0.25) is 4.55 Å². The number of benzene rings is 1. The number of hydrogen-bond acceptors (Lipinski definition) is 4. The van der Waals surface area contributed by atoms with Crippen LogP contribution >= 0.6 is 10.7 Å². The molecule has 0 atom stereocenters. The lowest BCUT2D eigenvalue weighted by molar-refractivity contribution is 0.482. The van der Waals surface area contributed by atoms with Gasteiger partial charge in [-0.15, -0.1) is 0 Å². The van der Waals surface area contributed by atoms with Crippen molar-refractivity contribution in [2.24, 2.45) is 0 Å². The fraction of sp³-hybridized carbons (Fsp3) is 0.333. The Kier molecular flexibility index (Phi) is 4.54. The van der Waals surface area contributed by atoms with Crippen LogP contribution in [-0.2, 0) is 31.3 Å². The minimum Gasteiger partial charge on any atom is -0.286 e. The third kappa shape index (κ3) is 6.62. The molecule has 0 aliphatic heterocycles. The van der Waals surface area contributed by atoms with E-state index in [0.29, 0.717) is 11.1 Å². The monoisotopic (exact) mass is 298 g/mol. The highest BCUT2D eigenvalue weighted by atomic mass is 35.7. The molecule has 0 fully saturated rings. The Morgan fingerprint density at radius 3 is 1.88 bits per heavy atom. The number of hydrogen-bond donors (Lipinski definition) is 1. The van der Waals surface area contributed by atoms with E-state index in [1.165, 1.54) is 0 Å². The summed E-state index contributed by atoms with van der Waals surface area (Å²) in [6, 6.07) is 6.31. The molecule has 5 nitrogen and oxygen atoms in total. The van der Waals surface area contributed by atoms with Gasteiger partial charge in [0.05, 0.1) is 11.5 Å². The van der Waals surface area contributed by atoms with E-state index in [9.17, 15) is 16.8 Å². The quantitative estimate of drug-likeness (QED) is 0.651. The van der Waals surface area contributed by atoms with E-state index in [1.54, 1.807) is 24.3 Å². The van der Waals surface area contributed by atoms with Gasteiger partial charge in [0.25, 0.3) is 10.1 Å². The standard InChI is InChI=1S/C9H11ClO5S2/c10-16(11,12)7-9-3-1-8(2-4-9)5-6-17(13,14)15/h1-4H,5-7H2,(H,13,14,15). The van der Waals surface area contributed by atoms with Gasteiger partial charge < -0.3 is 0 Å². The average molecular weight is 299 g/mol. The fourth-order valence-electron chi connectivity index (χ4n) is 1.25. The molecule has 0 aliphatic carbocycles. The first-order valence-electron chi connectivity index (χ1n) is 4.61. The van der Waals surface area contributed by atoms with Crippen LogP contribution in [0.5, 0.6) is 0 Å². The van der Waals surface area contributed by atoms with Gasteiger partial charge in [0.2, 0.25) is 9.05 Å². The third-order valence-corrected chi connectivity index (χ3v) is 3.74. The van der Waals surface area contributed by atoms with Gasteiger partial charge in [0.15, 0.2) is 0 Å². The van der Waals surface area contributed by atoms with Gasteiger partial charge in [-0.2, -0.15) is 8.42 Å². The van der Waals surface area contributed by atoms with Crippen molar-refractivity contribution in [3.8, 4) is 0 Å². The first kappa shape index (κ1) is 14.4. The van der Waals surface area contributed by atoms with Crippen molar-refractivity contribution in [2.45, 2.75) is 12.2 Å². The van der Waals surface area contributed by atoms with Crippen LogP contribution in [0.15, 0.2) is 24.3 Å². The van der Waals surface area contributed by atoms with Crippen LogP contribution in [0.25, 0.3) is 0 Å². The van der Waals surface area contributed by atoms with E-state index < -0.39 is 19.2 Å². The van der Waals surface area contributed by atoms with Crippen molar-refractivity contribution < 1.29 is 21.4 Å². The predicted octanol–water partition coefficient (Wildman–Crippen LogP) is 1.19. The lowest BCUT2D eigenvalue weighted by atomic mass is 10.1. The molecule has 0 saturated carbocycles. The Labute approximate surface area is 105 Å². The summed E-state index contributed by atoms with van der Waals surface area (Å²) >= 11 is 0. The zero-order valence-electron chi connectivity index (χ0n) is 8.71. The second-order valence-corrected chi connectivity index (χ2v) is 7.88. The van der Waals surface area contributed by atoms with E-state index in [4.69, 9.17) is 15.2 Å². The van der Waals surface area contributed by atoms with Crippen molar-refractivity contribution in [3.05, 3.63) is 35.4 Å². The molecule has 17 heavy (non-hydrogen) atoms. The molecule has 0 aliphatic rings. The topological polar surface area (TPSA) is 88.5 Å². The summed E-state index contributed by atoms with van der Waals surface area (Å²) < 4.78 is 51.2. The van der Waals surface area contributed by atoms with Gasteiger partial charge in [-0.1, -0.05) is 24.3 Å². The molecule has 1 aromatic carbocycles. The summed E-state index contributed by atoms with van der Waals surface area (Å²) in [5.41, 5.74) is 1.22. The highest BCUT2D eigenvalue weighted by molar-refractivity contribution is 8.13. The van der Waals surface area contributed by atoms with Gasteiger partial charge in [-0.25, -0.2) is 8.42 Å². The lowest BCUT2D eigenvalue weighted by Gasteiger charge is -2.02. The van der Waals surface area contributed by atoms with Gasteiger partial charge in [0, 0.05) is 10.7 Å². The molecule has 1 N–H and O–H groups in total. The van der Waals surface area contributed by atoms with Crippen LogP contribution < -0.4 is 0 Å². The zero-order valence-corrected chi connectivity index (χ0v) is 11.1. The van der Waals surface area contributed by atoms with Crippen LogP contribution in [0, 0.1) is 0 Å². The number of aryl methyl sites for hydroxylation is 1. The van der Waals surface area contributed by atoms with Crippen molar-refractivity contribution in [2.75, 3.05) is 5.75 Å². The van der Waals surface area contributed by atoms with Gasteiger partial charge in [-0.05, 0) is 17.5 Å². The van der Waals surface area contributed by atoms with E-state index in [-0.39, 0.29) is 17.9 Å². The van der Waals surface area contributed by atoms with E-state index in [1.807, 2.05) is 0 Å². The molecule has 1 aromatic rings. The number of halogens is 1. The molecule has 0 heterocycles. The third-order valence-electron chi connectivity index (χ3n) is 2.01. The molecule has 0 radical (unpaired) electrons. The largest absolute Gasteiger partial charge is 0.286 e. The molecule has 0 saturated heterocycles. The molecule has 1 rings (SSSR count). The van der Waals surface area contributed by atoms with E-state index >= 15 is 0 Å². The van der Waals surface area contributed by atoms with Crippen LogP contribution in [0.4, 0.5) is 0 Å². The summed E-state index contributed by atoms with van der Waals surface area (Å²) in [5, 5.41) is 0. The predicted molar refractivity (Wildman–Crippen MR) is 65.0 cm³/mol. The zero-order chi connectivity index (χ0) is 13.1. The van der Waals surface area contributed by atoms with Crippen LogP contribution in [0.3, 0.4) is 0 Å². The highest BCUT2D eigenvalue weighted by Crippen LogP contribution is 2.11. The maximum atomic E-state index is 10.8. The Balaban J connectivity index is 2.69. The van der Waals surface area contributed by atoms with Gasteiger partial charge >= 0.3 is 0 Å². The summed E-state index contributed by atoms with van der Waals surface area (Å²) in [5.74, 6) is -0.632. The van der Waals surface area contributed by atoms with Crippen molar-refractivity contribution in [1.82, 2.24) is 0 Å². The van der Waals surface area contributed by atoms with Crippen molar-refractivity contribution >= 4 is 29.9 Å². The van der Waals surface area contributed by atoms with Crippen molar-refractivity contribution in [1.29, 1.82) is 0 Å². The Morgan fingerprint density at radius 1 is 1.00 bits per heavy atom. The van der Waals surface area contributed by atoms with Crippen LogP contribution in [0.2, 0.25) is 0 Å². The maximum absolute atomic E-state index is 10.8. The average Bonchev–Trinajstić information content (AvgIpc) is 2.13. The highest BCUT2D eigenvalue weighted by Gasteiger charge is 2.08. The summed E-state index contributed by atoms with van der Waals surface area (Å²) in [6.45, 7) is 0. The van der Waals surface area contributed by atoms with Crippen LogP contribution in [0.1, 0.15) is 11.1 Å². The number of rotatable bonds is 5. The molecule has 0 unspecified atom stereocenters.